The number of anilines is 1. The van der Waals surface area contributed by atoms with Crippen molar-refractivity contribution in [3.05, 3.63) is 35.9 Å². The second-order valence-electron chi connectivity index (χ2n) is 5.51. The van der Waals surface area contributed by atoms with Gasteiger partial charge in [0.15, 0.2) is 0 Å². The molecule has 1 heterocycles. The standard InChI is InChI=1S/C15H19N3O/c1-15(2,3)11-9-10(5-7-13(11)19-4)12-6-8-14(16)18-17-12/h5-9H,1-4H3,(H2,16,18). The Bertz CT molecular complexity index is 571. The summed E-state index contributed by atoms with van der Waals surface area (Å²) in [4.78, 5) is 0. The number of benzene rings is 1. The van der Waals surface area contributed by atoms with Crippen LogP contribution in [-0.4, -0.2) is 17.3 Å². The highest BCUT2D eigenvalue weighted by Gasteiger charge is 2.19. The number of ether oxygens (including phenoxy) is 1. The molecule has 0 radical (unpaired) electrons. The molecule has 0 aliphatic heterocycles. The van der Waals surface area contributed by atoms with Gasteiger partial charge in [0.05, 0.1) is 12.8 Å². The number of nitrogens with zero attached hydrogens (tertiary/aromatic N) is 2. The van der Waals surface area contributed by atoms with Crippen LogP contribution in [0.4, 0.5) is 5.82 Å². The molecule has 0 fully saturated rings. The molecular formula is C15H19N3O. The van der Waals surface area contributed by atoms with Gasteiger partial charge in [0, 0.05) is 11.1 Å². The molecule has 1 aromatic carbocycles. The molecule has 0 saturated heterocycles. The minimum absolute atomic E-state index is 0.00257. The van der Waals surface area contributed by atoms with Crippen molar-refractivity contribution >= 4 is 5.82 Å². The summed E-state index contributed by atoms with van der Waals surface area (Å²) in [6.07, 6.45) is 0. The molecular weight excluding hydrogens is 238 g/mol. The van der Waals surface area contributed by atoms with E-state index in [2.05, 4.69) is 37.0 Å². The van der Waals surface area contributed by atoms with E-state index in [1.165, 1.54) is 0 Å². The number of methoxy groups -OCH3 is 1. The fourth-order valence-corrected chi connectivity index (χ4v) is 1.95. The van der Waals surface area contributed by atoms with Crippen LogP contribution >= 0.6 is 0 Å². The van der Waals surface area contributed by atoms with Crippen LogP contribution in [0.2, 0.25) is 0 Å². The third kappa shape index (κ3) is 2.84. The lowest BCUT2D eigenvalue weighted by atomic mass is 9.85. The largest absolute Gasteiger partial charge is 0.496 e. The van der Waals surface area contributed by atoms with Crippen molar-refractivity contribution in [2.45, 2.75) is 26.2 Å². The normalized spacial score (nSPS) is 11.4. The Hall–Kier alpha value is -2.10. The minimum Gasteiger partial charge on any atom is -0.496 e. The molecule has 4 nitrogen and oxygen atoms in total. The van der Waals surface area contributed by atoms with E-state index in [4.69, 9.17) is 10.5 Å². The zero-order valence-corrected chi connectivity index (χ0v) is 11.8. The predicted molar refractivity (Wildman–Crippen MR) is 77.1 cm³/mol. The highest BCUT2D eigenvalue weighted by atomic mass is 16.5. The van der Waals surface area contributed by atoms with Crippen LogP contribution in [0, 0.1) is 0 Å². The van der Waals surface area contributed by atoms with Gasteiger partial charge in [-0.3, -0.25) is 0 Å². The highest BCUT2D eigenvalue weighted by Crippen LogP contribution is 2.34. The Morgan fingerprint density at radius 1 is 1.05 bits per heavy atom. The Morgan fingerprint density at radius 2 is 1.79 bits per heavy atom. The summed E-state index contributed by atoms with van der Waals surface area (Å²) in [6, 6.07) is 9.67. The van der Waals surface area contributed by atoms with Gasteiger partial charge in [0.2, 0.25) is 0 Å². The molecule has 0 saturated carbocycles. The topological polar surface area (TPSA) is 61.0 Å². The maximum atomic E-state index is 5.56. The van der Waals surface area contributed by atoms with Gasteiger partial charge < -0.3 is 10.5 Å². The molecule has 0 atom stereocenters. The van der Waals surface area contributed by atoms with Crippen LogP contribution in [0.5, 0.6) is 5.75 Å². The Balaban J connectivity index is 2.52. The second-order valence-corrected chi connectivity index (χ2v) is 5.51. The fourth-order valence-electron chi connectivity index (χ4n) is 1.95. The van der Waals surface area contributed by atoms with E-state index in [-0.39, 0.29) is 5.41 Å². The molecule has 2 aromatic rings. The summed E-state index contributed by atoms with van der Waals surface area (Å²) in [6.45, 7) is 6.47. The molecule has 100 valence electrons. The van der Waals surface area contributed by atoms with Crippen LogP contribution in [-0.2, 0) is 5.41 Å². The van der Waals surface area contributed by atoms with E-state index < -0.39 is 0 Å². The van der Waals surface area contributed by atoms with E-state index in [1.807, 2.05) is 18.2 Å². The molecule has 0 unspecified atom stereocenters. The zero-order chi connectivity index (χ0) is 14.0. The van der Waals surface area contributed by atoms with Gasteiger partial charge in [0.1, 0.15) is 11.6 Å². The van der Waals surface area contributed by atoms with E-state index in [0.717, 1.165) is 22.6 Å². The van der Waals surface area contributed by atoms with Crippen LogP contribution in [0.25, 0.3) is 11.3 Å². The fraction of sp³-hybridized carbons (Fsp3) is 0.333. The van der Waals surface area contributed by atoms with Crippen LogP contribution in [0.15, 0.2) is 30.3 Å². The summed E-state index contributed by atoms with van der Waals surface area (Å²) in [7, 11) is 1.69. The first kappa shape index (κ1) is 13.3. The lowest BCUT2D eigenvalue weighted by molar-refractivity contribution is 0.397. The number of nitrogen functional groups attached to an aromatic ring is 1. The Morgan fingerprint density at radius 3 is 2.32 bits per heavy atom. The summed E-state index contributed by atoms with van der Waals surface area (Å²) in [5.74, 6) is 1.31. The average Bonchev–Trinajstić information content (AvgIpc) is 2.38. The summed E-state index contributed by atoms with van der Waals surface area (Å²) in [5.41, 5.74) is 8.52. The lowest BCUT2D eigenvalue weighted by Gasteiger charge is -2.22. The average molecular weight is 257 g/mol. The summed E-state index contributed by atoms with van der Waals surface area (Å²) < 4.78 is 5.43. The molecule has 0 amide bonds. The summed E-state index contributed by atoms with van der Waals surface area (Å²) in [5, 5.41) is 8.00. The Kier molecular flexibility index (Phi) is 3.42. The smallest absolute Gasteiger partial charge is 0.146 e. The number of hydrogen-bond acceptors (Lipinski definition) is 4. The van der Waals surface area contributed by atoms with Crippen molar-refractivity contribution in [3.63, 3.8) is 0 Å². The molecule has 1 aromatic heterocycles. The van der Waals surface area contributed by atoms with Crippen LogP contribution in [0.1, 0.15) is 26.3 Å². The minimum atomic E-state index is 0.00257. The van der Waals surface area contributed by atoms with Crippen molar-refractivity contribution in [1.29, 1.82) is 0 Å². The van der Waals surface area contributed by atoms with Crippen molar-refractivity contribution in [3.8, 4) is 17.0 Å². The number of rotatable bonds is 2. The van der Waals surface area contributed by atoms with Gasteiger partial charge >= 0.3 is 0 Å². The first-order chi connectivity index (χ1) is 8.91. The first-order valence-corrected chi connectivity index (χ1v) is 6.20. The third-order valence-electron chi connectivity index (χ3n) is 2.99. The third-order valence-corrected chi connectivity index (χ3v) is 2.99. The maximum absolute atomic E-state index is 5.56. The van der Waals surface area contributed by atoms with Gasteiger partial charge in [-0.2, -0.15) is 0 Å². The Labute approximate surface area is 113 Å². The quantitative estimate of drug-likeness (QED) is 0.898. The van der Waals surface area contributed by atoms with Gasteiger partial charge in [-0.15, -0.1) is 10.2 Å². The van der Waals surface area contributed by atoms with Crippen LogP contribution in [0.3, 0.4) is 0 Å². The number of nitrogens with two attached hydrogens (primary N) is 1. The van der Waals surface area contributed by atoms with Gasteiger partial charge in [-0.25, -0.2) is 0 Å². The first-order valence-electron chi connectivity index (χ1n) is 6.20. The highest BCUT2D eigenvalue weighted by molar-refractivity contribution is 5.63. The van der Waals surface area contributed by atoms with E-state index >= 15 is 0 Å². The zero-order valence-electron chi connectivity index (χ0n) is 11.8. The number of hydrogen-bond donors (Lipinski definition) is 1. The van der Waals surface area contributed by atoms with Crippen molar-refractivity contribution in [2.24, 2.45) is 0 Å². The molecule has 19 heavy (non-hydrogen) atoms. The maximum Gasteiger partial charge on any atom is 0.146 e. The summed E-state index contributed by atoms with van der Waals surface area (Å²) >= 11 is 0. The SMILES string of the molecule is COc1ccc(-c2ccc(N)nn2)cc1C(C)(C)C. The van der Waals surface area contributed by atoms with E-state index in [0.29, 0.717) is 5.82 Å². The van der Waals surface area contributed by atoms with Crippen molar-refractivity contribution in [1.82, 2.24) is 10.2 Å². The molecule has 0 aliphatic carbocycles. The molecule has 0 aliphatic rings. The molecule has 4 heteroatoms. The van der Waals surface area contributed by atoms with E-state index in [9.17, 15) is 0 Å². The molecule has 2 rings (SSSR count). The predicted octanol–water partition coefficient (Wildman–Crippen LogP) is 3.03. The number of aromatic nitrogens is 2. The molecule has 0 bridgehead atoms. The van der Waals surface area contributed by atoms with Crippen LogP contribution < -0.4 is 10.5 Å². The second kappa shape index (κ2) is 4.88. The lowest BCUT2D eigenvalue weighted by Crippen LogP contribution is -2.13. The van der Waals surface area contributed by atoms with Crippen molar-refractivity contribution in [2.75, 3.05) is 12.8 Å². The molecule has 2 N–H and O–H groups in total. The monoisotopic (exact) mass is 257 g/mol. The molecule has 0 spiro atoms. The van der Waals surface area contributed by atoms with Gasteiger partial charge in [-0.1, -0.05) is 20.8 Å². The van der Waals surface area contributed by atoms with Gasteiger partial charge in [-0.05, 0) is 35.7 Å². The van der Waals surface area contributed by atoms with Gasteiger partial charge in [0.25, 0.3) is 0 Å². The van der Waals surface area contributed by atoms with Crippen molar-refractivity contribution < 1.29 is 4.74 Å². The van der Waals surface area contributed by atoms with E-state index in [1.54, 1.807) is 13.2 Å².